The molecule has 2 N–H and O–H groups in total. The van der Waals surface area contributed by atoms with E-state index < -0.39 is 6.17 Å². The summed E-state index contributed by atoms with van der Waals surface area (Å²) in [6, 6.07) is 13.3. The predicted molar refractivity (Wildman–Crippen MR) is 132 cm³/mol. The molecule has 172 valence electrons. The minimum Gasteiger partial charge on any atom is -0.497 e. The van der Waals surface area contributed by atoms with E-state index >= 15 is 0 Å². The SMILES string of the molecule is CCC(SC1=NNC2C(=O)N(c3cccc(OC)c3)C=CN12)C(=O)Nc1cc(C)ccc1C. The van der Waals surface area contributed by atoms with E-state index in [-0.39, 0.29) is 17.1 Å². The number of rotatable bonds is 6. The highest BCUT2D eigenvalue weighted by molar-refractivity contribution is 8.14. The highest BCUT2D eigenvalue weighted by atomic mass is 32.2. The molecule has 0 saturated heterocycles. The molecule has 2 unspecified atom stereocenters. The van der Waals surface area contributed by atoms with Crippen molar-refractivity contribution >= 4 is 40.1 Å². The molecule has 2 amide bonds. The number of nitrogens with one attached hydrogen (secondary N) is 2. The number of ether oxygens (including phenoxy) is 1. The van der Waals surface area contributed by atoms with Gasteiger partial charge in [0.05, 0.1) is 18.0 Å². The lowest BCUT2D eigenvalue weighted by Crippen LogP contribution is -2.52. The van der Waals surface area contributed by atoms with Gasteiger partial charge in [0, 0.05) is 24.2 Å². The number of fused-ring (bicyclic) bond motifs is 1. The molecule has 4 rings (SSSR count). The van der Waals surface area contributed by atoms with Crippen LogP contribution in [0.4, 0.5) is 11.4 Å². The molecule has 2 aromatic carbocycles. The highest BCUT2D eigenvalue weighted by Crippen LogP contribution is 2.30. The van der Waals surface area contributed by atoms with Gasteiger partial charge in [0.25, 0.3) is 5.91 Å². The maximum absolute atomic E-state index is 13.1. The van der Waals surface area contributed by atoms with E-state index in [0.29, 0.717) is 23.0 Å². The molecule has 2 aliphatic rings. The van der Waals surface area contributed by atoms with Crippen LogP contribution in [0.3, 0.4) is 0 Å². The van der Waals surface area contributed by atoms with Crippen molar-refractivity contribution in [1.29, 1.82) is 0 Å². The van der Waals surface area contributed by atoms with Crippen LogP contribution >= 0.6 is 11.8 Å². The van der Waals surface area contributed by atoms with Crippen molar-refractivity contribution in [3.63, 3.8) is 0 Å². The van der Waals surface area contributed by atoms with E-state index in [1.165, 1.54) is 11.8 Å². The number of anilines is 2. The Hall–Kier alpha value is -3.46. The summed E-state index contributed by atoms with van der Waals surface area (Å²) in [4.78, 5) is 29.4. The van der Waals surface area contributed by atoms with Gasteiger partial charge in [-0.25, -0.2) is 0 Å². The number of carbonyl (C=O) groups is 2. The molecular formula is C24H27N5O3S. The van der Waals surface area contributed by atoms with Crippen LogP contribution in [0, 0.1) is 13.8 Å². The van der Waals surface area contributed by atoms with E-state index in [1.807, 2.05) is 57.2 Å². The fraction of sp³-hybridized carbons (Fsp3) is 0.292. The van der Waals surface area contributed by atoms with Crippen LogP contribution in [0.1, 0.15) is 24.5 Å². The van der Waals surface area contributed by atoms with Crippen LogP contribution < -0.4 is 20.4 Å². The molecule has 33 heavy (non-hydrogen) atoms. The summed E-state index contributed by atoms with van der Waals surface area (Å²) in [6.07, 6.45) is 3.45. The zero-order valence-electron chi connectivity index (χ0n) is 19.0. The number of methoxy groups -OCH3 is 1. The lowest BCUT2D eigenvalue weighted by atomic mass is 10.1. The summed E-state index contributed by atoms with van der Waals surface area (Å²) in [6.45, 7) is 5.92. The number of aryl methyl sites for hydroxylation is 2. The lowest BCUT2D eigenvalue weighted by Gasteiger charge is -2.32. The van der Waals surface area contributed by atoms with Crippen LogP contribution in [-0.2, 0) is 9.59 Å². The molecule has 0 saturated carbocycles. The first-order chi connectivity index (χ1) is 15.9. The Morgan fingerprint density at radius 2 is 2.06 bits per heavy atom. The van der Waals surface area contributed by atoms with Gasteiger partial charge in [0.2, 0.25) is 12.1 Å². The fourth-order valence-corrected chi connectivity index (χ4v) is 4.59. The summed E-state index contributed by atoms with van der Waals surface area (Å²) in [5.74, 6) is 0.411. The third kappa shape index (κ3) is 4.68. The number of thioether (sulfide) groups is 1. The Labute approximate surface area is 197 Å². The molecule has 0 fully saturated rings. The van der Waals surface area contributed by atoms with E-state index in [9.17, 15) is 9.59 Å². The Morgan fingerprint density at radius 3 is 2.82 bits per heavy atom. The number of carbonyl (C=O) groups excluding carboxylic acids is 2. The smallest absolute Gasteiger partial charge is 0.276 e. The topological polar surface area (TPSA) is 86.3 Å². The van der Waals surface area contributed by atoms with E-state index in [4.69, 9.17) is 4.74 Å². The minimum absolute atomic E-state index is 0.0901. The third-order valence-electron chi connectivity index (χ3n) is 5.52. The van der Waals surface area contributed by atoms with Gasteiger partial charge in [-0.05, 0) is 49.6 Å². The second-order valence-corrected chi connectivity index (χ2v) is 9.03. The normalized spacial score (nSPS) is 17.9. The Balaban J connectivity index is 1.46. The lowest BCUT2D eigenvalue weighted by molar-refractivity contribution is -0.122. The number of amides is 2. The zero-order chi connectivity index (χ0) is 23.5. The Bertz CT molecular complexity index is 1130. The van der Waals surface area contributed by atoms with Gasteiger partial charge >= 0.3 is 0 Å². The van der Waals surface area contributed by atoms with Crippen LogP contribution in [0.15, 0.2) is 60.0 Å². The van der Waals surface area contributed by atoms with Gasteiger partial charge in [-0.1, -0.05) is 36.9 Å². The number of hydrazone groups is 1. The van der Waals surface area contributed by atoms with Crippen molar-refractivity contribution < 1.29 is 14.3 Å². The van der Waals surface area contributed by atoms with Gasteiger partial charge < -0.3 is 10.1 Å². The summed E-state index contributed by atoms with van der Waals surface area (Å²) < 4.78 is 5.27. The second kappa shape index (κ2) is 9.58. The minimum atomic E-state index is -0.664. The summed E-state index contributed by atoms with van der Waals surface area (Å²) in [5, 5.41) is 7.61. The van der Waals surface area contributed by atoms with Gasteiger partial charge in [-0.15, -0.1) is 0 Å². The number of hydrogen-bond acceptors (Lipinski definition) is 7. The van der Waals surface area contributed by atoms with Gasteiger partial charge in [-0.3, -0.25) is 24.8 Å². The first kappa shape index (κ1) is 22.7. The number of amidine groups is 1. The van der Waals surface area contributed by atoms with Crippen molar-refractivity contribution in [2.75, 3.05) is 17.3 Å². The van der Waals surface area contributed by atoms with Gasteiger partial charge in [0.15, 0.2) is 5.17 Å². The molecule has 0 aromatic heterocycles. The van der Waals surface area contributed by atoms with E-state index in [2.05, 4.69) is 15.8 Å². The molecule has 2 aromatic rings. The van der Waals surface area contributed by atoms with Crippen molar-refractivity contribution in [3.8, 4) is 5.75 Å². The molecule has 9 heteroatoms. The van der Waals surface area contributed by atoms with Crippen LogP contribution in [0.5, 0.6) is 5.75 Å². The van der Waals surface area contributed by atoms with E-state index in [1.54, 1.807) is 35.4 Å². The van der Waals surface area contributed by atoms with Crippen LogP contribution in [-0.4, -0.2) is 40.4 Å². The van der Waals surface area contributed by atoms with Crippen LogP contribution in [0.25, 0.3) is 0 Å². The number of benzene rings is 2. The standard InChI is InChI=1S/C24H27N5O3S/c1-5-20(22(30)25-19-13-15(2)9-10-16(19)3)33-24-27-26-21-23(31)28(11-12-29(21)24)17-7-6-8-18(14-17)32-4/h6-14,20-21,26H,5H2,1-4H3,(H,25,30). The molecule has 0 radical (unpaired) electrons. The van der Waals surface area contributed by atoms with Gasteiger partial charge in [-0.2, -0.15) is 5.10 Å². The molecule has 2 heterocycles. The molecule has 0 spiro atoms. The average molecular weight is 466 g/mol. The highest BCUT2D eigenvalue weighted by Gasteiger charge is 2.39. The number of hydrogen-bond donors (Lipinski definition) is 2. The maximum atomic E-state index is 13.1. The van der Waals surface area contributed by atoms with Crippen molar-refractivity contribution in [1.82, 2.24) is 10.3 Å². The first-order valence-electron chi connectivity index (χ1n) is 10.7. The quantitative estimate of drug-likeness (QED) is 0.675. The summed E-state index contributed by atoms with van der Waals surface area (Å²) in [5.41, 5.74) is 6.52. The van der Waals surface area contributed by atoms with Crippen LogP contribution in [0.2, 0.25) is 0 Å². The molecule has 8 nitrogen and oxygen atoms in total. The van der Waals surface area contributed by atoms with Crippen molar-refractivity contribution in [2.45, 2.75) is 38.6 Å². The Morgan fingerprint density at radius 1 is 1.24 bits per heavy atom. The van der Waals surface area contributed by atoms with Gasteiger partial charge in [0.1, 0.15) is 5.75 Å². The molecular weight excluding hydrogens is 438 g/mol. The predicted octanol–water partition coefficient (Wildman–Crippen LogP) is 3.78. The zero-order valence-corrected chi connectivity index (χ0v) is 19.8. The monoisotopic (exact) mass is 465 g/mol. The molecule has 2 atom stereocenters. The van der Waals surface area contributed by atoms with Crippen molar-refractivity contribution in [3.05, 3.63) is 66.0 Å². The second-order valence-electron chi connectivity index (χ2n) is 7.86. The average Bonchev–Trinajstić information content (AvgIpc) is 3.23. The fourth-order valence-electron chi connectivity index (χ4n) is 3.61. The maximum Gasteiger partial charge on any atom is 0.276 e. The Kier molecular flexibility index (Phi) is 6.60. The summed E-state index contributed by atoms with van der Waals surface area (Å²) >= 11 is 1.34. The summed E-state index contributed by atoms with van der Waals surface area (Å²) in [7, 11) is 1.59. The third-order valence-corrected chi connectivity index (χ3v) is 6.87. The first-order valence-corrected chi connectivity index (χ1v) is 11.6. The molecule has 0 bridgehead atoms. The molecule has 2 aliphatic heterocycles. The number of nitrogens with zero attached hydrogens (tertiary/aromatic N) is 3. The van der Waals surface area contributed by atoms with Crippen molar-refractivity contribution in [2.24, 2.45) is 5.10 Å². The van der Waals surface area contributed by atoms with E-state index in [0.717, 1.165) is 16.8 Å². The largest absolute Gasteiger partial charge is 0.497 e. The molecule has 0 aliphatic carbocycles.